The van der Waals surface area contributed by atoms with Gasteiger partial charge in [-0.25, -0.2) is 0 Å². The molecule has 1 rings (SSSR count). The van der Waals surface area contributed by atoms with Gasteiger partial charge in [-0.2, -0.15) is 0 Å². The highest BCUT2D eigenvalue weighted by Gasteiger charge is 2.07. The molecule has 2 nitrogen and oxygen atoms in total. The highest BCUT2D eigenvalue weighted by molar-refractivity contribution is 6.30. The number of halogens is 1. The van der Waals surface area contributed by atoms with E-state index in [0.29, 0.717) is 11.4 Å². The molecule has 0 aliphatic carbocycles. The molecule has 14 heavy (non-hydrogen) atoms. The Balaban J connectivity index is 2.56. The van der Waals surface area contributed by atoms with E-state index in [2.05, 4.69) is 0 Å². The van der Waals surface area contributed by atoms with E-state index in [9.17, 15) is 4.79 Å². The zero-order valence-electron chi connectivity index (χ0n) is 8.03. The van der Waals surface area contributed by atoms with Gasteiger partial charge in [-0.3, -0.25) is 4.79 Å². The van der Waals surface area contributed by atoms with E-state index in [1.807, 2.05) is 31.2 Å². The number of hydrogen-bond donors (Lipinski definition) is 1. The lowest BCUT2D eigenvalue weighted by atomic mass is 9.96. The Morgan fingerprint density at radius 3 is 2.50 bits per heavy atom. The van der Waals surface area contributed by atoms with Gasteiger partial charge in [-0.05, 0) is 30.0 Å². The summed E-state index contributed by atoms with van der Waals surface area (Å²) in [5.41, 5.74) is 1.13. The molecule has 0 saturated heterocycles. The Kier molecular flexibility index (Phi) is 3.96. The van der Waals surface area contributed by atoms with Crippen molar-refractivity contribution in [3.8, 4) is 0 Å². The van der Waals surface area contributed by atoms with Crippen LogP contribution in [0.25, 0.3) is 0 Å². The molecule has 0 amide bonds. The van der Waals surface area contributed by atoms with Crippen LogP contribution in [-0.4, -0.2) is 11.1 Å². The average molecular weight is 213 g/mol. The largest absolute Gasteiger partial charge is 0.481 e. The molecule has 1 atom stereocenters. The fourth-order valence-corrected chi connectivity index (χ4v) is 1.42. The monoisotopic (exact) mass is 212 g/mol. The van der Waals surface area contributed by atoms with Crippen LogP contribution in [0.4, 0.5) is 0 Å². The van der Waals surface area contributed by atoms with Gasteiger partial charge in [-0.1, -0.05) is 30.7 Å². The first-order valence-corrected chi connectivity index (χ1v) is 4.94. The smallest absolute Gasteiger partial charge is 0.303 e. The lowest BCUT2D eigenvalue weighted by Crippen LogP contribution is -1.99. The molecule has 1 N–H and O–H groups in total. The van der Waals surface area contributed by atoms with E-state index in [1.54, 1.807) is 0 Å². The molecule has 0 aromatic heterocycles. The topological polar surface area (TPSA) is 37.3 Å². The summed E-state index contributed by atoms with van der Waals surface area (Å²) in [5.74, 6) is -0.478. The summed E-state index contributed by atoms with van der Waals surface area (Å²) >= 11 is 5.75. The van der Waals surface area contributed by atoms with Crippen molar-refractivity contribution >= 4 is 17.6 Å². The summed E-state index contributed by atoms with van der Waals surface area (Å²) in [6, 6.07) is 7.53. The van der Waals surface area contributed by atoms with Gasteiger partial charge in [0.2, 0.25) is 0 Å². The summed E-state index contributed by atoms with van der Waals surface area (Å²) < 4.78 is 0. The minimum absolute atomic E-state index is 0.212. The van der Waals surface area contributed by atoms with Crippen molar-refractivity contribution in [1.29, 1.82) is 0 Å². The van der Waals surface area contributed by atoms with Gasteiger partial charge in [0.25, 0.3) is 0 Å². The minimum Gasteiger partial charge on any atom is -0.481 e. The lowest BCUT2D eigenvalue weighted by Gasteiger charge is -2.09. The van der Waals surface area contributed by atoms with Crippen LogP contribution in [0.1, 0.15) is 31.2 Å². The van der Waals surface area contributed by atoms with Crippen molar-refractivity contribution in [3.63, 3.8) is 0 Å². The van der Waals surface area contributed by atoms with Crippen molar-refractivity contribution in [2.45, 2.75) is 25.7 Å². The quantitative estimate of drug-likeness (QED) is 0.832. The Morgan fingerprint density at radius 2 is 2.00 bits per heavy atom. The fourth-order valence-electron chi connectivity index (χ4n) is 1.30. The third-order valence-electron chi connectivity index (χ3n) is 2.23. The first kappa shape index (κ1) is 11.1. The fraction of sp³-hybridized carbons (Fsp3) is 0.364. The predicted octanol–water partition coefficient (Wildman–Crippen LogP) is 3.31. The summed E-state index contributed by atoms with van der Waals surface area (Å²) in [6.45, 7) is 2.02. The minimum atomic E-state index is -0.745. The third kappa shape index (κ3) is 3.38. The summed E-state index contributed by atoms with van der Waals surface area (Å²) in [6.07, 6.45) is 0.876. The number of carbonyl (C=O) groups is 1. The number of hydrogen-bond acceptors (Lipinski definition) is 1. The van der Waals surface area contributed by atoms with Crippen LogP contribution >= 0.6 is 11.6 Å². The van der Waals surface area contributed by atoms with Crippen molar-refractivity contribution in [2.24, 2.45) is 0 Å². The van der Waals surface area contributed by atoms with Gasteiger partial charge in [-0.15, -0.1) is 0 Å². The standard InChI is InChI=1S/C11H13ClO2/c1-8(2-7-11(13)14)9-3-5-10(12)6-4-9/h3-6,8H,2,7H2,1H3,(H,13,14). The van der Waals surface area contributed by atoms with Crippen LogP contribution in [0, 0.1) is 0 Å². The Bertz CT molecular complexity index is 306. The molecule has 0 fully saturated rings. The molecule has 0 saturated carbocycles. The maximum absolute atomic E-state index is 10.4. The highest BCUT2D eigenvalue weighted by Crippen LogP contribution is 2.22. The molecule has 0 aliphatic rings. The van der Waals surface area contributed by atoms with Crippen LogP contribution in [0.2, 0.25) is 5.02 Å². The van der Waals surface area contributed by atoms with Gasteiger partial charge in [0.15, 0.2) is 0 Å². The van der Waals surface area contributed by atoms with Gasteiger partial charge in [0.05, 0.1) is 0 Å². The second kappa shape index (κ2) is 5.01. The second-order valence-corrected chi connectivity index (χ2v) is 3.82. The van der Waals surface area contributed by atoms with E-state index in [-0.39, 0.29) is 12.3 Å². The second-order valence-electron chi connectivity index (χ2n) is 3.39. The first-order chi connectivity index (χ1) is 6.59. The molecule has 76 valence electrons. The Hall–Kier alpha value is -1.02. The predicted molar refractivity (Wildman–Crippen MR) is 56.7 cm³/mol. The van der Waals surface area contributed by atoms with Crippen molar-refractivity contribution in [2.75, 3.05) is 0 Å². The maximum atomic E-state index is 10.4. The van der Waals surface area contributed by atoms with Crippen LogP contribution < -0.4 is 0 Å². The average Bonchev–Trinajstić information content (AvgIpc) is 2.15. The lowest BCUT2D eigenvalue weighted by molar-refractivity contribution is -0.137. The Labute approximate surface area is 88.5 Å². The van der Waals surface area contributed by atoms with Crippen LogP contribution in [0.15, 0.2) is 24.3 Å². The number of aliphatic carboxylic acids is 1. The van der Waals surface area contributed by atoms with Gasteiger partial charge in [0, 0.05) is 11.4 Å². The SMILES string of the molecule is CC(CCC(=O)O)c1ccc(Cl)cc1. The van der Waals surface area contributed by atoms with Crippen LogP contribution in [-0.2, 0) is 4.79 Å². The van der Waals surface area contributed by atoms with Crippen molar-refractivity contribution in [3.05, 3.63) is 34.9 Å². The van der Waals surface area contributed by atoms with E-state index in [0.717, 1.165) is 5.56 Å². The first-order valence-electron chi connectivity index (χ1n) is 4.57. The molecule has 3 heteroatoms. The zero-order valence-corrected chi connectivity index (χ0v) is 8.79. The van der Waals surface area contributed by atoms with Gasteiger partial charge < -0.3 is 5.11 Å². The molecule has 1 aromatic rings. The summed E-state index contributed by atoms with van der Waals surface area (Å²) in [5, 5.41) is 9.24. The maximum Gasteiger partial charge on any atom is 0.303 e. The van der Waals surface area contributed by atoms with Crippen LogP contribution in [0.5, 0.6) is 0 Å². The molecular formula is C11H13ClO2. The molecule has 0 bridgehead atoms. The van der Waals surface area contributed by atoms with Crippen molar-refractivity contribution < 1.29 is 9.90 Å². The normalized spacial score (nSPS) is 12.4. The molecule has 1 aromatic carbocycles. The summed E-state index contributed by atoms with van der Waals surface area (Å²) in [7, 11) is 0. The third-order valence-corrected chi connectivity index (χ3v) is 2.48. The number of rotatable bonds is 4. The van der Waals surface area contributed by atoms with E-state index in [1.165, 1.54) is 0 Å². The van der Waals surface area contributed by atoms with E-state index < -0.39 is 5.97 Å². The highest BCUT2D eigenvalue weighted by atomic mass is 35.5. The Morgan fingerprint density at radius 1 is 1.43 bits per heavy atom. The molecule has 1 unspecified atom stereocenters. The zero-order chi connectivity index (χ0) is 10.6. The number of carboxylic acids is 1. The van der Waals surface area contributed by atoms with Crippen LogP contribution in [0.3, 0.4) is 0 Å². The van der Waals surface area contributed by atoms with E-state index >= 15 is 0 Å². The molecule has 0 spiro atoms. The van der Waals surface area contributed by atoms with Crippen molar-refractivity contribution in [1.82, 2.24) is 0 Å². The molecule has 0 radical (unpaired) electrons. The summed E-state index contributed by atoms with van der Waals surface area (Å²) in [4.78, 5) is 10.4. The number of carboxylic acid groups (broad SMARTS) is 1. The molecular weight excluding hydrogens is 200 g/mol. The van der Waals surface area contributed by atoms with Gasteiger partial charge in [0.1, 0.15) is 0 Å². The molecule has 0 aliphatic heterocycles. The number of benzene rings is 1. The molecule has 0 heterocycles. The van der Waals surface area contributed by atoms with E-state index in [4.69, 9.17) is 16.7 Å². The van der Waals surface area contributed by atoms with Gasteiger partial charge >= 0.3 is 5.97 Å².